The summed E-state index contributed by atoms with van der Waals surface area (Å²) in [6.45, 7) is 3.51. The van der Waals surface area contributed by atoms with Crippen LogP contribution in [-0.2, 0) is 4.74 Å². The number of esters is 1. The van der Waals surface area contributed by atoms with Gasteiger partial charge in [-0.2, -0.15) is 0 Å². The van der Waals surface area contributed by atoms with Crippen LogP contribution in [0.1, 0.15) is 64.6 Å². The highest BCUT2D eigenvalue weighted by Crippen LogP contribution is 2.33. The second kappa shape index (κ2) is 8.14. The molecule has 24 heavy (non-hydrogen) atoms. The quantitative estimate of drug-likeness (QED) is 0.707. The summed E-state index contributed by atoms with van der Waals surface area (Å²) in [6, 6.07) is -0.244. The van der Waals surface area contributed by atoms with Crippen LogP contribution in [0.25, 0.3) is 0 Å². The van der Waals surface area contributed by atoms with Gasteiger partial charge in [-0.25, -0.2) is 9.59 Å². The number of carbonyl (C=O) groups excluding carboxylic acids is 3. The summed E-state index contributed by atoms with van der Waals surface area (Å²) in [7, 11) is 0. The molecule has 1 heterocycles. The van der Waals surface area contributed by atoms with Gasteiger partial charge in [0.1, 0.15) is 5.00 Å². The first kappa shape index (κ1) is 18.3. The van der Waals surface area contributed by atoms with Gasteiger partial charge in [0.25, 0.3) is 5.91 Å². The molecule has 0 radical (unpaired) electrons. The van der Waals surface area contributed by atoms with Crippen molar-refractivity contribution in [3.05, 3.63) is 16.0 Å². The minimum Gasteiger partial charge on any atom is -0.462 e. The number of amides is 3. The Balaban J connectivity index is 2.18. The summed E-state index contributed by atoms with van der Waals surface area (Å²) >= 11 is 0.991. The lowest BCUT2D eigenvalue weighted by atomic mass is 9.96. The van der Waals surface area contributed by atoms with Crippen LogP contribution >= 0.6 is 11.3 Å². The van der Waals surface area contributed by atoms with E-state index >= 15 is 0 Å². The monoisotopic (exact) mass is 353 g/mol. The summed E-state index contributed by atoms with van der Waals surface area (Å²) in [6.07, 6.45) is 5.30. The number of hydrogen-bond donors (Lipinski definition) is 3. The zero-order valence-corrected chi connectivity index (χ0v) is 14.8. The molecule has 1 aliphatic rings. The van der Waals surface area contributed by atoms with Crippen molar-refractivity contribution in [2.24, 2.45) is 5.73 Å². The lowest BCUT2D eigenvalue weighted by Gasteiger charge is -2.22. The fraction of sp³-hybridized carbons (Fsp3) is 0.562. The zero-order chi connectivity index (χ0) is 17.7. The molecule has 1 aromatic heterocycles. The molecule has 7 nitrogen and oxygen atoms in total. The van der Waals surface area contributed by atoms with E-state index in [2.05, 4.69) is 10.6 Å². The third kappa shape index (κ3) is 4.25. The van der Waals surface area contributed by atoms with Crippen LogP contribution in [0.5, 0.6) is 0 Å². The number of carbonyl (C=O) groups is 3. The summed E-state index contributed by atoms with van der Waals surface area (Å²) in [5.41, 5.74) is 5.96. The molecule has 2 rings (SSSR count). The number of urea groups is 1. The van der Waals surface area contributed by atoms with Crippen molar-refractivity contribution in [3.63, 3.8) is 0 Å². The van der Waals surface area contributed by atoms with E-state index in [4.69, 9.17) is 10.5 Å². The maximum atomic E-state index is 12.2. The summed E-state index contributed by atoms with van der Waals surface area (Å²) in [5, 5.41) is 5.87. The van der Waals surface area contributed by atoms with E-state index in [1.807, 2.05) is 0 Å². The summed E-state index contributed by atoms with van der Waals surface area (Å²) in [5.74, 6) is -1.21. The van der Waals surface area contributed by atoms with E-state index in [0.717, 1.165) is 37.0 Å². The zero-order valence-electron chi connectivity index (χ0n) is 13.9. The molecule has 4 N–H and O–H groups in total. The molecule has 0 bridgehead atoms. The average molecular weight is 353 g/mol. The molecule has 0 aliphatic heterocycles. The molecular formula is C16H23N3O4S. The number of nitrogens with one attached hydrogen (secondary N) is 2. The Labute approximate surface area is 144 Å². The fourth-order valence-electron chi connectivity index (χ4n) is 2.86. The third-order valence-corrected chi connectivity index (χ3v) is 5.24. The molecule has 0 spiro atoms. The van der Waals surface area contributed by atoms with Gasteiger partial charge in [0, 0.05) is 6.04 Å². The average Bonchev–Trinajstić information content (AvgIpc) is 2.85. The molecule has 0 atom stereocenters. The molecule has 0 unspecified atom stereocenters. The molecular weight excluding hydrogens is 330 g/mol. The van der Waals surface area contributed by atoms with E-state index in [1.165, 1.54) is 6.42 Å². The minimum atomic E-state index is -0.635. The Kier molecular flexibility index (Phi) is 6.19. The maximum absolute atomic E-state index is 12.2. The van der Waals surface area contributed by atoms with Gasteiger partial charge in [0.05, 0.1) is 17.0 Å². The Morgan fingerprint density at radius 2 is 1.92 bits per heavy atom. The number of ether oxygens (including phenoxy) is 1. The predicted octanol–water partition coefficient (Wildman–Crippen LogP) is 2.79. The van der Waals surface area contributed by atoms with Crippen molar-refractivity contribution >= 4 is 34.2 Å². The Morgan fingerprint density at radius 1 is 1.25 bits per heavy atom. The molecule has 0 aromatic carbocycles. The van der Waals surface area contributed by atoms with Crippen LogP contribution in [0.3, 0.4) is 0 Å². The first-order chi connectivity index (χ1) is 11.4. The Bertz CT molecular complexity index is 636. The van der Waals surface area contributed by atoms with Crippen LogP contribution in [0.2, 0.25) is 0 Å². The van der Waals surface area contributed by atoms with Crippen molar-refractivity contribution in [1.29, 1.82) is 0 Å². The number of thiophene rings is 1. The molecule has 1 fully saturated rings. The Hall–Kier alpha value is -2.09. The van der Waals surface area contributed by atoms with Crippen LogP contribution < -0.4 is 16.4 Å². The van der Waals surface area contributed by atoms with Crippen molar-refractivity contribution in [1.82, 2.24) is 5.32 Å². The molecule has 1 aromatic rings. The van der Waals surface area contributed by atoms with E-state index in [-0.39, 0.29) is 34.1 Å². The van der Waals surface area contributed by atoms with Crippen LogP contribution in [0.15, 0.2) is 0 Å². The van der Waals surface area contributed by atoms with Crippen molar-refractivity contribution in [3.8, 4) is 0 Å². The largest absolute Gasteiger partial charge is 0.462 e. The van der Waals surface area contributed by atoms with Gasteiger partial charge in [-0.15, -0.1) is 11.3 Å². The standard InChI is InChI=1S/C16H23N3O4S/c1-3-23-15(21)11-9(2)12(13(17)20)24-14(11)19-16(22)18-10-7-5-4-6-8-10/h10H,3-8H2,1-2H3,(H2,17,20)(H2,18,19,22). The van der Waals surface area contributed by atoms with Crippen LogP contribution in [0.4, 0.5) is 9.80 Å². The van der Waals surface area contributed by atoms with Gasteiger partial charge in [-0.1, -0.05) is 19.3 Å². The molecule has 0 saturated heterocycles. The highest BCUT2D eigenvalue weighted by atomic mass is 32.1. The van der Waals surface area contributed by atoms with Gasteiger partial charge in [-0.05, 0) is 32.3 Å². The second-order valence-electron chi connectivity index (χ2n) is 5.78. The SMILES string of the molecule is CCOC(=O)c1c(NC(=O)NC2CCCCC2)sc(C(N)=O)c1C. The first-order valence-electron chi connectivity index (χ1n) is 8.11. The van der Waals surface area contributed by atoms with Crippen molar-refractivity contribution in [2.45, 2.75) is 52.0 Å². The van der Waals surface area contributed by atoms with Gasteiger partial charge >= 0.3 is 12.0 Å². The molecule has 1 aliphatic carbocycles. The summed E-state index contributed by atoms with van der Waals surface area (Å²) < 4.78 is 5.02. The minimum absolute atomic E-state index is 0.140. The Morgan fingerprint density at radius 3 is 2.50 bits per heavy atom. The maximum Gasteiger partial charge on any atom is 0.341 e. The predicted molar refractivity (Wildman–Crippen MR) is 92.6 cm³/mol. The van der Waals surface area contributed by atoms with E-state index in [1.54, 1.807) is 13.8 Å². The van der Waals surface area contributed by atoms with Crippen molar-refractivity contribution in [2.75, 3.05) is 11.9 Å². The van der Waals surface area contributed by atoms with E-state index in [9.17, 15) is 14.4 Å². The number of primary amides is 1. The first-order valence-corrected chi connectivity index (χ1v) is 8.93. The van der Waals surface area contributed by atoms with E-state index < -0.39 is 11.9 Å². The second-order valence-corrected chi connectivity index (χ2v) is 6.80. The fourth-order valence-corrected chi connectivity index (χ4v) is 3.90. The smallest absolute Gasteiger partial charge is 0.341 e. The highest BCUT2D eigenvalue weighted by molar-refractivity contribution is 7.18. The number of nitrogens with two attached hydrogens (primary N) is 1. The number of hydrogen-bond acceptors (Lipinski definition) is 5. The topological polar surface area (TPSA) is 111 Å². The van der Waals surface area contributed by atoms with Gasteiger partial charge in [0.2, 0.25) is 0 Å². The highest BCUT2D eigenvalue weighted by Gasteiger charge is 2.26. The molecule has 8 heteroatoms. The number of anilines is 1. The van der Waals surface area contributed by atoms with Crippen LogP contribution in [-0.4, -0.2) is 30.6 Å². The molecule has 132 valence electrons. The lowest BCUT2D eigenvalue weighted by molar-refractivity contribution is 0.0527. The number of rotatable bonds is 5. The van der Waals surface area contributed by atoms with Gasteiger partial charge in [0.15, 0.2) is 0 Å². The lowest BCUT2D eigenvalue weighted by Crippen LogP contribution is -2.39. The van der Waals surface area contributed by atoms with Crippen molar-refractivity contribution < 1.29 is 19.1 Å². The molecule has 1 saturated carbocycles. The summed E-state index contributed by atoms with van der Waals surface area (Å²) in [4.78, 5) is 36.1. The van der Waals surface area contributed by atoms with E-state index in [0.29, 0.717) is 5.56 Å². The van der Waals surface area contributed by atoms with Gasteiger partial charge < -0.3 is 15.8 Å². The third-order valence-electron chi connectivity index (χ3n) is 4.02. The van der Waals surface area contributed by atoms with Crippen LogP contribution in [0, 0.1) is 6.92 Å². The normalized spacial score (nSPS) is 14.9. The van der Waals surface area contributed by atoms with Gasteiger partial charge in [-0.3, -0.25) is 10.1 Å². The molecule has 3 amide bonds.